The summed E-state index contributed by atoms with van der Waals surface area (Å²) in [6.45, 7) is 6.74. The van der Waals surface area contributed by atoms with Crippen LogP contribution in [0.1, 0.15) is 38.4 Å². The van der Waals surface area contributed by atoms with E-state index < -0.39 is 6.10 Å². The molecule has 116 valence electrons. The van der Waals surface area contributed by atoms with Gasteiger partial charge in [0, 0.05) is 19.1 Å². The second-order valence-corrected chi connectivity index (χ2v) is 6.33. The zero-order chi connectivity index (χ0) is 14.8. The summed E-state index contributed by atoms with van der Waals surface area (Å²) >= 11 is 0. The molecule has 0 amide bonds. The second kappa shape index (κ2) is 6.34. The molecule has 21 heavy (non-hydrogen) atoms. The molecule has 2 fully saturated rings. The first-order valence-electron chi connectivity index (χ1n) is 7.94. The first-order valence-corrected chi connectivity index (χ1v) is 7.94. The Bertz CT molecular complexity index is 473. The van der Waals surface area contributed by atoms with Crippen molar-refractivity contribution in [3.63, 3.8) is 0 Å². The topological polar surface area (TPSA) is 41.9 Å². The molecular weight excluding hydrogens is 266 g/mol. The normalized spacial score (nSPS) is 25.0. The molecule has 0 radical (unpaired) electrons. The van der Waals surface area contributed by atoms with Gasteiger partial charge in [0.1, 0.15) is 18.0 Å². The highest BCUT2D eigenvalue weighted by Crippen LogP contribution is 2.30. The third kappa shape index (κ3) is 3.76. The molecule has 4 heteroatoms. The molecule has 0 bridgehead atoms. The first kappa shape index (κ1) is 14.8. The standard InChI is InChI=1S/C17H25NO3/c1-12(2)18-8-9-20-16(11-18)17(19)13-4-3-5-15(10-13)21-14-6-7-14/h3-5,10,12,14,16-17,19H,6-9,11H2,1-2H3. The van der Waals surface area contributed by atoms with Gasteiger partial charge in [0.25, 0.3) is 0 Å². The Balaban J connectivity index is 1.67. The molecule has 2 aliphatic rings. The average molecular weight is 291 g/mol. The van der Waals surface area contributed by atoms with E-state index >= 15 is 0 Å². The van der Waals surface area contributed by atoms with E-state index in [1.807, 2.05) is 24.3 Å². The number of rotatable bonds is 5. The Labute approximate surface area is 126 Å². The predicted molar refractivity (Wildman–Crippen MR) is 81.5 cm³/mol. The van der Waals surface area contributed by atoms with Crippen LogP contribution in [0.25, 0.3) is 0 Å². The summed E-state index contributed by atoms with van der Waals surface area (Å²) in [7, 11) is 0. The molecule has 0 spiro atoms. The Hall–Kier alpha value is -1.10. The summed E-state index contributed by atoms with van der Waals surface area (Å²) in [4.78, 5) is 2.35. The van der Waals surface area contributed by atoms with E-state index in [-0.39, 0.29) is 6.10 Å². The van der Waals surface area contributed by atoms with Crippen molar-refractivity contribution in [3.05, 3.63) is 29.8 Å². The number of hydrogen-bond acceptors (Lipinski definition) is 4. The Kier molecular flexibility index (Phi) is 4.48. The summed E-state index contributed by atoms with van der Waals surface area (Å²) in [5, 5.41) is 10.6. The quantitative estimate of drug-likeness (QED) is 0.904. The van der Waals surface area contributed by atoms with E-state index in [4.69, 9.17) is 9.47 Å². The van der Waals surface area contributed by atoms with Gasteiger partial charge in [-0.25, -0.2) is 0 Å². The monoisotopic (exact) mass is 291 g/mol. The summed E-state index contributed by atoms with van der Waals surface area (Å²) in [6.07, 6.45) is 1.88. The molecule has 1 heterocycles. The largest absolute Gasteiger partial charge is 0.490 e. The van der Waals surface area contributed by atoms with Gasteiger partial charge in [-0.05, 0) is 44.4 Å². The summed E-state index contributed by atoms with van der Waals surface area (Å²) in [5.41, 5.74) is 0.878. The van der Waals surface area contributed by atoms with Crippen LogP contribution in [-0.2, 0) is 4.74 Å². The van der Waals surface area contributed by atoms with E-state index in [1.165, 1.54) is 0 Å². The van der Waals surface area contributed by atoms with Crippen LogP contribution in [0.15, 0.2) is 24.3 Å². The molecule has 1 aliphatic carbocycles. The van der Waals surface area contributed by atoms with Crippen molar-refractivity contribution in [1.29, 1.82) is 0 Å². The summed E-state index contributed by atoms with van der Waals surface area (Å²) < 4.78 is 11.6. The Morgan fingerprint density at radius 3 is 2.86 bits per heavy atom. The molecule has 4 nitrogen and oxygen atoms in total. The number of benzene rings is 1. The van der Waals surface area contributed by atoms with Crippen LogP contribution in [0.2, 0.25) is 0 Å². The van der Waals surface area contributed by atoms with E-state index in [2.05, 4.69) is 18.7 Å². The van der Waals surface area contributed by atoms with Crippen molar-refractivity contribution in [2.45, 2.75) is 51.0 Å². The van der Waals surface area contributed by atoms with Crippen LogP contribution >= 0.6 is 0 Å². The Morgan fingerprint density at radius 1 is 1.33 bits per heavy atom. The van der Waals surface area contributed by atoms with Gasteiger partial charge < -0.3 is 14.6 Å². The van der Waals surface area contributed by atoms with Crippen LogP contribution < -0.4 is 4.74 Å². The minimum Gasteiger partial charge on any atom is -0.490 e. The fourth-order valence-corrected chi connectivity index (χ4v) is 2.72. The predicted octanol–water partition coefficient (Wildman–Crippen LogP) is 2.37. The molecule has 1 aliphatic heterocycles. The van der Waals surface area contributed by atoms with Crippen LogP contribution in [0.3, 0.4) is 0 Å². The zero-order valence-electron chi connectivity index (χ0n) is 12.9. The molecule has 1 saturated heterocycles. The molecule has 1 aromatic rings. The summed E-state index contributed by atoms with van der Waals surface area (Å²) in [5.74, 6) is 0.852. The van der Waals surface area contributed by atoms with Gasteiger partial charge in [0.2, 0.25) is 0 Å². The highest BCUT2D eigenvalue weighted by Gasteiger charge is 2.29. The van der Waals surface area contributed by atoms with Gasteiger partial charge in [0.05, 0.1) is 12.7 Å². The molecule has 3 rings (SSSR count). The average Bonchev–Trinajstić information content (AvgIpc) is 3.31. The van der Waals surface area contributed by atoms with Crippen molar-refractivity contribution >= 4 is 0 Å². The number of aliphatic hydroxyl groups excluding tert-OH is 1. The Morgan fingerprint density at radius 2 is 2.14 bits per heavy atom. The number of nitrogens with zero attached hydrogens (tertiary/aromatic N) is 1. The maximum atomic E-state index is 10.6. The highest BCUT2D eigenvalue weighted by atomic mass is 16.5. The lowest BCUT2D eigenvalue weighted by Gasteiger charge is -2.37. The van der Waals surface area contributed by atoms with Crippen molar-refractivity contribution < 1.29 is 14.6 Å². The van der Waals surface area contributed by atoms with Crippen LogP contribution in [-0.4, -0.2) is 48.0 Å². The van der Waals surface area contributed by atoms with Crippen LogP contribution in [0.4, 0.5) is 0 Å². The lowest BCUT2D eigenvalue weighted by molar-refractivity contribution is -0.0961. The molecule has 1 N–H and O–H groups in total. The van der Waals surface area contributed by atoms with E-state index in [1.54, 1.807) is 0 Å². The summed E-state index contributed by atoms with van der Waals surface area (Å²) in [6, 6.07) is 8.27. The van der Waals surface area contributed by atoms with Gasteiger partial charge in [0.15, 0.2) is 0 Å². The van der Waals surface area contributed by atoms with Crippen molar-refractivity contribution in [2.24, 2.45) is 0 Å². The molecule has 1 saturated carbocycles. The lowest BCUT2D eigenvalue weighted by atomic mass is 10.0. The zero-order valence-corrected chi connectivity index (χ0v) is 12.9. The first-order chi connectivity index (χ1) is 10.1. The SMILES string of the molecule is CC(C)N1CCOC(C(O)c2cccc(OC3CC3)c2)C1. The van der Waals surface area contributed by atoms with Crippen molar-refractivity contribution in [2.75, 3.05) is 19.7 Å². The fourth-order valence-electron chi connectivity index (χ4n) is 2.72. The van der Waals surface area contributed by atoms with Gasteiger partial charge in [-0.2, -0.15) is 0 Å². The number of ether oxygens (including phenoxy) is 2. The molecule has 2 atom stereocenters. The van der Waals surface area contributed by atoms with Crippen LogP contribution in [0, 0.1) is 0 Å². The van der Waals surface area contributed by atoms with Gasteiger partial charge >= 0.3 is 0 Å². The fraction of sp³-hybridized carbons (Fsp3) is 0.647. The molecule has 1 aromatic carbocycles. The number of morpholine rings is 1. The molecule has 2 unspecified atom stereocenters. The van der Waals surface area contributed by atoms with E-state index in [0.717, 1.165) is 37.2 Å². The second-order valence-electron chi connectivity index (χ2n) is 6.33. The van der Waals surface area contributed by atoms with Gasteiger partial charge in [-0.1, -0.05) is 12.1 Å². The third-order valence-corrected chi connectivity index (χ3v) is 4.23. The third-order valence-electron chi connectivity index (χ3n) is 4.23. The van der Waals surface area contributed by atoms with Gasteiger partial charge in [-0.3, -0.25) is 4.90 Å². The highest BCUT2D eigenvalue weighted by molar-refractivity contribution is 5.31. The smallest absolute Gasteiger partial charge is 0.120 e. The van der Waals surface area contributed by atoms with Crippen LogP contribution in [0.5, 0.6) is 5.75 Å². The molecular formula is C17H25NO3. The number of aliphatic hydroxyl groups is 1. The van der Waals surface area contributed by atoms with E-state index in [9.17, 15) is 5.11 Å². The minimum absolute atomic E-state index is 0.169. The lowest BCUT2D eigenvalue weighted by Crippen LogP contribution is -2.47. The maximum absolute atomic E-state index is 10.6. The van der Waals surface area contributed by atoms with Crippen molar-refractivity contribution in [3.8, 4) is 5.75 Å². The number of hydrogen-bond donors (Lipinski definition) is 1. The molecule has 0 aromatic heterocycles. The van der Waals surface area contributed by atoms with Crippen molar-refractivity contribution in [1.82, 2.24) is 4.90 Å². The maximum Gasteiger partial charge on any atom is 0.120 e. The van der Waals surface area contributed by atoms with E-state index in [0.29, 0.717) is 18.8 Å². The minimum atomic E-state index is -0.602. The van der Waals surface area contributed by atoms with Gasteiger partial charge in [-0.15, -0.1) is 0 Å².